The number of carbonyl (C=O) groups is 3. The third kappa shape index (κ3) is 8.13. The molecule has 1 heterocycles. The topological polar surface area (TPSA) is 116 Å². The van der Waals surface area contributed by atoms with Crippen molar-refractivity contribution in [1.82, 2.24) is 15.6 Å². The number of carbonyl (C=O) groups excluding carboxylic acids is 3. The average Bonchev–Trinajstić information content (AvgIpc) is 2.94. The Morgan fingerprint density at radius 2 is 1.44 bits per heavy atom. The van der Waals surface area contributed by atoms with Crippen molar-refractivity contribution in [3.63, 3.8) is 0 Å². The van der Waals surface area contributed by atoms with Crippen LogP contribution in [0.1, 0.15) is 37.9 Å². The van der Waals surface area contributed by atoms with Gasteiger partial charge in [0.2, 0.25) is 34.8 Å². The van der Waals surface area contributed by atoms with Crippen LogP contribution in [-0.2, 0) is 20.9 Å². The van der Waals surface area contributed by atoms with Crippen molar-refractivity contribution in [3.05, 3.63) is 95.1 Å². The van der Waals surface area contributed by atoms with Crippen LogP contribution in [0.3, 0.4) is 0 Å². The van der Waals surface area contributed by atoms with Crippen LogP contribution >= 0.6 is 0 Å². The smallest absolute Gasteiger partial charge is 0.408 e. The molecule has 0 spiro atoms. The predicted molar refractivity (Wildman–Crippen MR) is 132 cm³/mol. The first-order valence-electron chi connectivity index (χ1n) is 11.9. The lowest BCUT2D eigenvalue weighted by Gasteiger charge is -2.29. The Bertz CT molecular complexity index is 1380. The quantitative estimate of drug-likeness (QED) is 0.123. The number of hydrogen-bond acceptors (Lipinski definition) is 7. The molecule has 2 atom stereocenters. The van der Waals surface area contributed by atoms with Crippen molar-refractivity contribution in [2.75, 3.05) is 0 Å². The van der Waals surface area contributed by atoms with Crippen molar-refractivity contribution in [2.45, 2.75) is 45.1 Å². The molecule has 0 aliphatic heterocycles. The Balaban J connectivity index is 2.00. The van der Waals surface area contributed by atoms with Crippen molar-refractivity contribution in [2.24, 2.45) is 0 Å². The Hall–Kier alpha value is -4.75. The minimum atomic E-state index is -2.47. The van der Waals surface area contributed by atoms with Gasteiger partial charge in [0, 0.05) is 12.4 Å². The number of halogens is 5. The molecule has 0 aliphatic carbocycles. The van der Waals surface area contributed by atoms with Crippen LogP contribution in [0.4, 0.5) is 31.5 Å². The highest BCUT2D eigenvalue weighted by atomic mass is 19.2. The number of amides is 2. The number of nitrogens with one attached hydrogen (secondary N) is 2. The SMILES string of the molecule is CC(C)(C)OC(=O)N[C@H](c1cccnc1)[C@H](NC(=O)OCc1ccccc1)C(=O)Oc1c(F)c(F)c(F)c(F)c1F. The maximum atomic E-state index is 14.3. The molecular weight excluding hydrogens is 557 g/mol. The highest BCUT2D eigenvalue weighted by Crippen LogP contribution is 2.30. The molecule has 3 aromatic rings. The van der Waals surface area contributed by atoms with Gasteiger partial charge in [-0.15, -0.1) is 0 Å². The van der Waals surface area contributed by atoms with E-state index < -0.39 is 70.7 Å². The van der Waals surface area contributed by atoms with Gasteiger partial charge in [-0.2, -0.15) is 8.78 Å². The van der Waals surface area contributed by atoms with Crippen molar-refractivity contribution in [1.29, 1.82) is 0 Å². The van der Waals surface area contributed by atoms with Gasteiger partial charge in [-0.1, -0.05) is 36.4 Å². The molecule has 3 rings (SSSR count). The highest BCUT2D eigenvalue weighted by molar-refractivity contribution is 5.85. The zero-order valence-corrected chi connectivity index (χ0v) is 21.8. The van der Waals surface area contributed by atoms with Gasteiger partial charge in [0.25, 0.3) is 0 Å². The summed E-state index contributed by atoms with van der Waals surface area (Å²) in [6, 6.07) is 7.42. The van der Waals surface area contributed by atoms with Gasteiger partial charge in [0.05, 0.1) is 6.04 Å². The van der Waals surface area contributed by atoms with Crippen LogP contribution in [0.2, 0.25) is 0 Å². The van der Waals surface area contributed by atoms with Gasteiger partial charge in [-0.25, -0.2) is 27.6 Å². The Morgan fingerprint density at radius 1 is 0.829 bits per heavy atom. The molecule has 0 unspecified atom stereocenters. The van der Waals surface area contributed by atoms with E-state index in [-0.39, 0.29) is 12.2 Å². The van der Waals surface area contributed by atoms with Crippen molar-refractivity contribution in [3.8, 4) is 5.75 Å². The fourth-order valence-electron chi connectivity index (χ4n) is 3.36. The molecule has 0 radical (unpaired) electrons. The third-order valence-electron chi connectivity index (χ3n) is 5.16. The van der Waals surface area contributed by atoms with Gasteiger partial charge >= 0.3 is 18.2 Å². The predicted octanol–water partition coefficient (Wildman–Crippen LogP) is 5.24. The summed E-state index contributed by atoms with van der Waals surface area (Å²) in [4.78, 5) is 42.5. The maximum absolute atomic E-state index is 14.3. The molecule has 0 fully saturated rings. The molecule has 0 aliphatic rings. The second-order valence-corrected chi connectivity index (χ2v) is 9.41. The number of aromatic nitrogens is 1. The lowest BCUT2D eigenvalue weighted by molar-refractivity contribution is -0.138. The number of alkyl carbamates (subject to hydrolysis) is 2. The first-order valence-corrected chi connectivity index (χ1v) is 11.9. The lowest BCUT2D eigenvalue weighted by atomic mass is 10.0. The van der Waals surface area contributed by atoms with Gasteiger partial charge in [0.15, 0.2) is 6.04 Å². The van der Waals surface area contributed by atoms with Crippen molar-refractivity contribution < 1.29 is 50.5 Å². The molecule has 0 bridgehead atoms. The molecule has 0 saturated heterocycles. The normalized spacial score (nSPS) is 12.6. The van der Waals surface area contributed by atoms with E-state index in [1.54, 1.807) is 51.1 Å². The van der Waals surface area contributed by atoms with Crippen molar-refractivity contribution >= 4 is 18.2 Å². The number of benzene rings is 2. The van der Waals surface area contributed by atoms with E-state index in [1.807, 2.05) is 0 Å². The molecule has 2 amide bonds. The van der Waals surface area contributed by atoms with E-state index in [0.29, 0.717) is 5.56 Å². The molecular formula is C27H24F5N3O6. The summed E-state index contributed by atoms with van der Waals surface area (Å²) >= 11 is 0. The van der Waals surface area contributed by atoms with Gasteiger partial charge in [-0.3, -0.25) is 4.98 Å². The van der Waals surface area contributed by atoms with Gasteiger partial charge < -0.3 is 24.8 Å². The second-order valence-electron chi connectivity index (χ2n) is 9.41. The number of nitrogens with zero attached hydrogens (tertiary/aromatic N) is 1. The first-order chi connectivity index (χ1) is 19.3. The summed E-state index contributed by atoms with van der Waals surface area (Å²) in [6.07, 6.45) is 0.169. The third-order valence-corrected chi connectivity index (χ3v) is 5.16. The van der Waals surface area contributed by atoms with E-state index >= 15 is 0 Å². The Morgan fingerprint density at radius 3 is 2.00 bits per heavy atom. The van der Waals surface area contributed by atoms with Gasteiger partial charge in [-0.05, 0) is 38.0 Å². The number of hydrogen-bond donors (Lipinski definition) is 2. The minimum Gasteiger partial charge on any atom is -0.445 e. The van der Waals surface area contributed by atoms with Crippen LogP contribution in [0.5, 0.6) is 5.75 Å². The fraction of sp³-hybridized carbons (Fsp3) is 0.259. The average molecular weight is 581 g/mol. The van der Waals surface area contributed by atoms with Crippen LogP contribution in [-0.4, -0.2) is 34.8 Å². The minimum absolute atomic E-state index is 0.0566. The zero-order chi connectivity index (χ0) is 30.3. The van der Waals surface area contributed by atoms with E-state index in [0.717, 1.165) is 0 Å². The van der Waals surface area contributed by atoms with E-state index in [2.05, 4.69) is 20.4 Å². The molecule has 14 heteroatoms. The molecule has 41 heavy (non-hydrogen) atoms. The van der Waals surface area contributed by atoms with Crippen LogP contribution in [0, 0.1) is 29.1 Å². The summed E-state index contributed by atoms with van der Waals surface area (Å²) in [5, 5.41) is 4.44. The summed E-state index contributed by atoms with van der Waals surface area (Å²) < 4.78 is 84.5. The van der Waals surface area contributed by atoms with E-state index in [9.17, 15) is 36.3 Å². The second kappa shape index (κ2) is 13.1. The first kappa shape index (κ1) is 30.8. The van der Waals surface area contributed by atoms with Gasteiger partial charge in [0.1, 0.15) is 12.2 Å². The summed E-state index contributed by atoms with van der Waals surface area (Å²) in [5.74, 6) is -15.7. The number of pyridine rings is 1. The maximum Gasteiger partial charge on any atom is 0.408 e. The number of esters is 1. The van der Waals surface area contributed by atoms with E-state index in [1.165, 1.54) is 24.5 Å². The van der Waals surface area contributed by atoms with Crippen LogP contribution in [0.15, 0.2) is 54.9 Å². The summed E-state index contributed by atoms with van der Waals surface area (Å²) in [5.41, 5.74) is -0.406. The lowest BCUT2D eigenvalue weighted by Crippen LogP contribution is -2.52. The fourth-order valence-corrected chi connectivity index (χ4v) is 3.36. The molecule has 9 nitrogen and oxygen atoms in total. The molecule has 2 N–H and O–H groups in total. The van der Waals surface area contributed by atoms with Crippen LogP contribution < -0.4 is 15.4 Å². The molecule has 2 aromatic carbocycles. The summed E-state index contributed by atoms with van der Waals surface area (Å²) in [7, 11) is 0. The standard InChI is InChI=1S/C27H24F5N3O6/c1-27(2,3)41-26(38)34-21(15-10-7-11-33-12-15)22(35-25(37)39-13-14-8-5-4-6-9-14)24(36)40-23-19(31)17(29)16(28)18(30)20(23)32/h4-12,21-22H,13H2,1-3H3,(H,34,38)(H,35,37)/t21-,22+/m1/s1. The number of rotatable bonds is 8. The highest BCUT2D eigenvalue weighted by Gasteiger charge is 2.38. The number of ether oxygens (including phenoxy) is 3. The molecule has 0 saturated carbocycles. The van der Waals surface area contributed by atoms with Crippen LogP contribution in [0.25, 0.3) is 0 Å². The molecule has 1 aromatic heterocycles. The zero-order valence-electron chi connectivity index (χ0n) is 21.8. The Kier molecular flexibility index (Phi) is 9.81. The molecule has 218 valence electrons. The Labute approximate surface area is 230 Å². The largest absolute Gasteiger partial charge is 0.445 e. The monoisotopic (exact) mass is 581 g/mol. The summed E-state index contributed by atoms with van der Waals surface area (Å²) in [6.45, 7) is 4.35. The van der Waals surface area contributed by atoms with E-state index in [4.69, 9.17) is 9.47 Å².